The zero-order chi connectivity index (χ0) is 19.8. The summed E-state index contributed by atoms with van der Waals surface area (Å²) in [6.45, 7) is 0.318. The molecule has 7 nitrogen and oxygen atoms in total. The van der Waals surface area contributed by atoms with E-state index in [4.69, 9.17) is 25.8 Å². The molecule has 0 bridgehead atoms. The van der Waals surface area contributed by atoms with Gasteiger partial charge >= 0.3 is 6.03 Å². The van der Waals surface area contributed by atoms with Crippen LogP contribution in [0.5, 0.6) is 17.2 Å². The molecule has 0 aliphatic rings. The van der Waals surface area contributed by atoms with Gasteiger partial charge in [0.15, 0.2) is 11.9 Å². The summed E-state index contributed by atoms with van der Waals surface area (Å²) in [6, 6.07) is 13.7. The van der Waals surface area contributed by atoms with E-state index in [0.717, 1.165) is 5.75 Å². The number of methoxy groups -OCH3 is 1. The van der Waals surface area contributed by atoms with Gasteiger partial charge in [0.05, 0.1) is 12.8 Å². The summed E-state index contributed by atoms with van der Waals surface area (Å²) in [5.74, 6) is 2.05. The Hall–Kier alpha value is -2.97. The van der Waals surface area contributed by atoms with Crippen LogP contribution in [0.1, 0.15) is 5.69 Å². The van der Waals surface area contributed by atoms with Gasteiger partial charge < -0.3 is 19.5 Å². The van der Waals surface area contributed by atoms with Crippen molar-refractivity contribution in [3.63, 3.8) is 0 Å². The fourth-order valence-corrected chi connectivity index (χ4v) is 2.93. The highest BCUT2D eigenvalue weighted by atomic mass is 35.5. The highest BCUT2D eigenvalue weighted by Gasteiger charge is 2.07. The molecule has 0 unspecified atom stereocenters. The molecule has 0 saturated carbocycles. The van der Waals surface area contributed by atoms with E-state index in [-0.39, 0.29) is 6.73 Å². The van der Waals surface area contributed by atoms with E-state index in [9.17, 15) is 4.79 Å². The first-order valence-electron chi connectivity index (χ1n) is 8.27. The van der Waals surface area contributed by atoms with Crippen LogP contribution < -0.4 is 24.8 Å². The van der Waals surface area contributed by atoms with Crippen LogP contribution in [0.25, 0.3) is 0 Å². The first kappa shape index (κ1) is 19.8. The number of hydrogen-bond donors (Lipinski definition) is 2. The lowest BCUT2D eigenvalue weighted by Crippen LogP contribution is -2.31. The second-order valence-corrected chi connectivity index (χ2v) is 6.78. The van der Waals surface area contributed by atoms with Crippen molar-refractivity contribution in [3.05, 3.63) is 64.6 Å². The normalized spacial score (nSPS) is 10.2. The van der Waals surface area contributed by atoms with Crippen LogP contribution in [0.4, 0.5) is 9.93 Å². The van der Waals surface area contributed by atoms with E-state index in [2.05, 4.69) is 15.6 Å². The molecule has 0 aliphatic carbocycles. The van der Waals surface area contributed by atoms with Gasteiger partial charge in [-0.25, -0.2) is 9.78 Å². The van der Waals surface area contributed by atoms with E-state index < -0.39 is 6.03 Å². The monoisotopic (exact) mass is 419 g/mol. The Kier molecular flexibility index (Phi) is 6.94. The molecule has 0 saturated heterocycles. The van der Waals surface area contributed by atoms with Gasteiger partial charge in [-0.3, -0.25) is 5.32 Å². The van der Waals surface area contributed by atoms with Gasteiger partial charge in [0.25, 0.3) is 0 Å². The van der Waals surface area contributed by atoms with Crippen molar-refractivity contribution in [2.24, 2.45) is 0 Å². The quantitative estimate of drug-likeness (QED) is 0.524. The summed E-state index contributed by atoms with van der Waals surface area (Å²) in [6.07, 6.45) is 0. The largest absolute Gasteiger partial charge is 0.497 e. The van der Waals surface area contributed by atoms with Crippen LogP contribution in [0.2, 0.25) is 5.02 Å². The van der Waals surface area contributed by atoms with Gasteiger partial charge in [0.1, 0.15) is 23.9 Å². The Morgan fingerprint density at radius 3 is 2.39 bits per heavy atom. The van der Waals surface area contributed by atoms with Crippen molar-refractivity contribution in [3.8, 4) is 17.2 Å². The highest BCUT2D eigenvalue weighted by molar-refractivity contribution is 7.13. The van der Waals surface area contributed by atoms with Crippen molar-refractivity contribution >= 4 is 34.1 Å². The predicted molar refractivity (Wildman–Crippen MR) is 109 cm³/mol. The summed E-state index contributed by atoms with van der Waals surface area (Å²) >= 11 is 7.15. The number of ether oxygens (including phenoxy) is 3. The molecule has 1 aromatic heterocycles. The molecule has 3 aromatic rings. The molecule has 2 amide bonds. The number of nitrogens with zero attached hydrogens (tertiary/aromatic N) is 1. The maximum Gasteiger partial charge on any atom is 0.323 e. The molecule has 0 atom stereocenters. The molecule has 146 valence electrons. The third kappa shape index (κ3) is 6.04. The van der Waals surface area contributed by atoms with Gasteiger partial charge in [-0.05, 0) is 48.5 Å². The third-order valence-corrected chi connectivity index (χ3v) is 4.56. The molecular formula is C19H18ClN3O4S. The lowest BCUT2D eigenvalue weighted by atomic mass is 10.3. The molecule has 28 heavy (non-hydrogen) atoms. The number of rotatable bonds is 8. The molecule has 0 radical (unpaired) electrons. The van der Waals surface area contributed by atoms with E-state index in [0.29, 0.717) is 34.0 Å². The van der Waals surface area contributed by atoms with Gasteiger partial charge in [-0.15, -0.1) is 11.3 Å². The summed E-state index contributed by atoms with van der Waals surface area (Å²) in [5, 5.41) is 8.19. The van der Waals surface area contributed by atoms with Crippen molar-refractivity contribution in [1.82, 2.24) is 10.3 Å². The van der Waals surface area contributed by atoms with Crippen LogP contribution >= 0.6 is 22.9 Å². The molecular weight excluding hydrogens is 402 g/mol. The SMILES string of the molecule is COc1ccc(OCNC(=O)Nc2nc(COc3ccc(Cl)cc3)cs2)cc1. The van der Waals surface area contributed by atoms with E-state index in [1.165, 1.54) is 11.3 Å². The summed E-state index contributed by atoms with van der Waals surface area (Å²) in [5.41, 5.74) is 0.713. The van der Waals surface area contributed by atoms with Gasteiger partial charge in [0, 0.05) is 10.4 Å². The van der Waals surface area contributed by atoms with Crippen LogP contribution in [-0.2, 0) is 6.61 Å². The van der Waals surface area contributed by atoms with Gasteiger partial charge in [-0.2, -0.15) is 0 Å². The van der Waals surface area contributed by atoms with Crippen molar-refractivity contribution < 1.29 is 19.0 Å². The minimum Gasteiger partial charge on any atom is -0.497 e. The Morgan fingerprint density at radius 1 is 1.04 bits per heavy atom. The molecule has 0 spiro atoms. The smallest absolute Gasteiger partial charge is 0.323 e. The number of aromatic nitrogens is 1. The standard InChI is InChI=1S/C19H18ClN3O4S/c1-25-15-6-8-17(9-7-15)27-12-21-18(24)23-19-22-14(11-28-19)10-26-16-4-2-13(20)3-5-16/h2-9,11H,10,12H2,1H3,(H2,21,22,23,24). The molecule has 0 aliphatic heterocycles. The average molecular weight is 420 g/mol. The fraction of sp³-hybridized carbons (Fsp3) is 0.158. The second kappa shape index (κ2) is 9.82. The van der Waals surface area contributed by atoms with Crippen LogP contribution in [0.3, 0.4) is 0 Å². The molecule has 2 N–H and O–H groups in total. The summed E-state index contributed by atoms with van der Waals surface area (Å²) < 4.78 is 16.1. The number of benzene rings is 2. The number of anilines is 1. The van der Waals surface area contributed by atoms with Crippen molar-refractivity contribution in [2.75, 3.05) is 19.2 Å². The number of halogens is 1. The number of urea groups is 1. The average Bonchev–Trinajstić information content (AvgIpc) is 3.15. The minimum atomic E-state index is -0.409. The lowest BCUT2D eigenvalue weighted by Gasteiger charge is -2.08. The topological polar surface area (TPSA) is 81.7 Å². The maximum atomic E-state index is 11.9. The Morgan fingerprint density at radius 2 is 1.68 bits per heavy atom. The third-order valence-electron chi connectivity index (χ3n) is 3.50. The molecule has 0 fully saturated rings. The molecule has 1 heterocycles. The molecule has 9 heteroatoms. The Labute approximate surface area is 171 Å². The number of carbonyl (C=O) groups is 1. The number of amides is 2. The van der Waals surface area contributed by atoms with E-state index >= 15 is 0 Å². The first-order valence-corrected chi connectivity index (χ1v) is 9.52. The van der Waals surface area contributed by atoms with E-state index in [1.807, 2.05) is 5.38 Å². The van der Waals surface area contributed by atoms with Crippen molar-refractivity contribution in [1.29, 1.82) is 0 Å². The van der Waals surface area contributed by atoms with Gasteiger partial charge in [-0.1, -0.05) is 11.6 Å². The first-order chi connectivity index (χ1) is 13.6. The predicted octanol–water partition coefficient (Wildman–Crippen LogP) is 4.54. The number of carbonyl (C=O) groups excluding carboxylic acids is 1. The van der Waals surface area contributed by atoms with Crippen LogP contribution in [-0.4, -0.2) is 24.9 Å². The number of nitrogens with one attached hydrogen (secondary N) is 2. The zero-order valence-electron chi connectivity index (χ0n) is 15.0. The number of thiazole rings is 1. The summed E-state index contributed by atoms with van der Waals surface area (Å²) in [4.78, 5) is 16.2. The van der Waals surface area contributed by atoms with Gasteiger partial charge in [0.2, 0.25) is 0 Å². The van der Waals surface area contributed by atoms with Crippen LogP contribution in [0, 0.1) is 0 Å². The highest BCUT2D eigenvalue weighted by Crippen LogP contribution is 2.20. The second-order valence-electron chi connectivity index (χ2n) is 5.48. The molecule has 3 rings (SSSR count). The fourth-order valence-electron chi connectivity index (χ4n) is 2.12. The zero-order valence-corrected chi connectivity index (χ0v) is 16.5. The van der Waals surface area contributed by atoms with Crippen LogP contribution in [0.15, 0.2) is 53.9 Å². The van der Waals surface area contributed by atoms with Crippen molar-refractivity contribution in [2.45, 2.75) is 6.61 Å². The van der Waals surface area contributed by atoms with E-state index in [1.54, 1.807) is 55.6 Å². The minimum absolute atomic E-state index is 0.0239. The Bertz CT molecular complexity index is 900. The summed E-state index contributed by atoms with van der Waals surface area (Å²) in [7, 11) is 1.59. The number of hydrogen-bond acceptors (Lipinski definition) is 6. The lowest BCUT2D eigenvalue weighted by molar-refractivity contribution is 0.234. The Balaban J connectivity index is 1.39. The maximum absolute atomic E-state index is 11.9. The molecule has 2 aromatic carbocycles.